The second-order valence-corrected chi connectivity index (χ2v) is 5.98. The van der Waals surface area contributed by atoms with E-state index in [2.05, 4.69) is 62.4 Å². The fourth-order valence-corrected chi connectivity index (χ4v) is 3.82. The van der Waals surface area contributed by atoms with Crippen molar-refractivity contribution in [1.82, 2.24) is 0 Å². The van der Waals surface area contributed by atoms with Crippen molar-refractivity contribution in [2.75, 3.05) is 0 Å². The maximum Gasteiger partial charge on any atom is 0.0160 e. The van der Waals surface area contributed by atoms with Crippen LogP contribution < -0.4 is 0 Å². The van der Waals surface area contributed by atoms with Crippen LogP contribution in [0.15, 0.2) is 58.3 Å². The van der Waals surface area contributed by atoms with Gasteiger partial charge < -0.3 is 0 Å². The van der Waals surface area contributed by atoms with Gasteiger partial charge in [0.2, 0.25) is 0 Å². The third-order valence-electron chi connectivity index (χ3n) is 3.39. The maximum absolute atomic E-state index is 2.31. The smallest absolute Gasteiger partial charge is 0.0160 e. The Morgan fingerprint density at radius 2 is 1.29 bits per heavy atom. The summed E-state index contributed by atoms with van der Waals surface area (Å²) in [5.41, 5.74) is 2.98. The summed E-state index contributed by atoms with van der Waals surface area (Å²) in [5.74, 6) is 1.18. The Morgan fingerprint density at radius 1 is 0.824 bits per heavy atom. The fraction of sp³-hybridized carbons (Fsp3) is 0.250. The molecule has 0 nitrogen and oxygen atoms in total. The lowest BCUT2D eigenvalue weighted by Crippen LogP contribution is -2.13. The molecule has 17 heavy (non-hydrogen) atoms. The number of hydrogen-bond acceptors (Lipinski definition) is 1. The molecule has 1 heteroatoms. The molecule has 1 aliphatic rings. The molecule has 3 rings (SSSR count). The SMILES string of the molecule is CC(C)C1c2ccccc2Sc2ccccc21. The molecule has 86 valence electrons. The highest BCUT2D eigenvalue weighted by molar-refractivity contribution is 7.99. The van der Waals surface area contributed by atoms with E-state index in [0.29, 0.717) is 11.8 Å². The Labute approximate surface area is 107 Å². The van der Waals surface area contributed by atoms with Gasteiger partial charge in [-0.1, -0.05) is 62.0 Å². The lowest BCUT2D eigenvalue weighted by Gasteiger charge is -2.30. The van der Waals surface area contributed by atoms with Crippen LogP contribution in [-0.4, -0.2) is 0 Å². The Bertz CT molecular complexity index is 497. The minimum atomic E-state index is 0.545. The third-order valence-corrected chi connectivity index (χ3v) is 4.58. The van der Waals surface area contributed by atoms with E-state index in [1.54, 1.807) is 0 Å². The summed E-state index contributed by atoms with van der Waals surface area (Å²) in [7, 11) is 0. The quantitative estimate of drug-likeness (QED) is 0.680. The minimum absolute atomic E-state index is 0.545. The molecule has 0 fully saturated rings. The Morgan fingerprint density at radius 3 is 1.76 bits per heavy atom. The van der Waals surface area contributed by atoms with Gasteiger partial charge in [0.05, 0.1) is 0 Å². The van der Waals surface area contributed by atoms with Crippen LogP contribution >= 0.6 is 11.8 Å². The molecular weight excluding hydrogens is 224 g/mol. The van der Waals surface area contributed by atoms with E-state index in [1.165, 1.54) is 20.9 Å². The Hall–Kier alpha value is -1.21. The monoisotopic (exact) mass is 240 g/mol. The van der Waals surface area contributed by atoms with Gasteiger partial charge in [-0.05, 0) is 29.2 Å². The summed E-state index contributed by atoms with van der Waals surface area (Å²) < 4.78 is 0. The van der Waals surface area contributed by atoms with Crippen LogP contribution in [0.5, 0.6) is 0 Å². The summed E-state index contributed by atoms with van der Waals surface area (Å²) in [4.78, 5) is 2.84. The first-order chi connectivity index (χ1) is 8.27. The van der Waals surface area contributed by atoms with Crippen molar-refractivity contribution in [3.05, 3.63) is 59.7 Å². The normalized spacial score (nSPS) is 14.5. The first-order valence-electron chi connectivity index (χ1n) is 6.13. The molecule has 0 saturated heterocycles. The van der Waals surface area contributed by atoms with Crippen molar-refractivity contribution < 1.29 is 0 Å². The second kappa shape index (κ2) is 4.23. The van der Waals surface area contributed by atoms with Gasteiger partial charge in [-0.2, -0.15) is 0 Å². The zero-order valence-corrected chi connectivity index (χ0v) is 11.0. The number of fused-ring (bicyclic) bond motifs is 2. The molecule has 0 atom stereocenters. The van der Waals surface area contributed by atoms with Gasteiger partial charge in [-0.3, -0.25) is 0 Å². The van der Waals surface area contributed by atoms with E-state index in [-0.39, 0.29) is 0 Å². The first-order valence-corrected chi connectivity index (χ1v) is 6.94. The van der Waals surface area contributed by atoms with Gasteiger partial charge in [-0.25, -0.2) is 0 Å². The highest BCUT2D eigenvalue weighted by atomic mass is 32.2. The van der Waals surface area contributed by atoms with Crippen LogP contribution in [0.2, 0.25) is 0 Å². The van der Waals surface area contributed by atoms with E-state index >= 15 is 0 Å². The van der Waals surface area contributed by atoms with E-state index in [9.17, 15) is 0 Å². The van der Waals surface area contributed by atoms with E-state index in [4.69, 9.17) is 0 Å². The molecule has 0 saturated carbocycles. The minimum Gasteiger partial charge on any atom is -0.0895 e. The molecule has 0 aliphatic carbocycles. The van der Waals surface area contributed by atoms with E-state index < -0.39 is 0 Å². The van der Waals surface area contributed by atoms with Crippen LogP contribution in [0.4, 0.5) is 0 Å². The summed E-state index contributed by atoms with van der Waals surface area (Å²) in [5, 5.41) is 0. The van der Waals surface area contributed by atoms with Crippen LogP contribution in [0, 0.1) is 5.92 Å². The lowest BCUT2D eigenvalue weighted by atomic mass is 9.82. The van der Waals surface area contributed by atoms with Crippen LogP contribution in [0.25, 0.3) is 0 Å². The second-order valence-electron chi connectivity index (χ2n) is 4.90. The van der Waals surface area contributed by atoms with Gasteiger partial charge in [0.15, 0.2) is 0 Å². The molecule has 0 amide bonds. The average Bonchev–Trinajstić information content (AvgIpc) is 2.35. The van der Waals surface area contributed by atoms with Gasteiger partial charge in [0.1, 0.15) is 0 Å². The molecule has 0 N–H and O–H groups in total. The molecule has 0 unspecified atom stereocenters. The van der Waals surface area contributed by atoms with Crippen LogP contribution in [-0.2, 0) is 0 Å². The first kappa shape index (κ1) is 10.9. The predicted molar refractivity (Wildman–Crippen MR) is 73.7 cm³/mol. The molecule has 2 aromatic carbocycles. The van der Waals surface area contributed by atoms with E-state index in [0.717, 1.165) is 0 Å². The summed E-state index contributed by atoms with van der Waals surface area (Å²) in [6.45, 7) is 4.63. The van der Waals surface area contributed by atoms with E-state index in [1.807, 2.05) is 11.8 Å². The molecule has 0 radical (unpaired) electrons. The highest BCUT2D eigenvalue weighted by Gasteiger charge is 2.27. The maximum atomic E-state index is 2.31. The summed E-state index contributed by atoms with van der Waals surface area (Å²) >= 11 is 1.90. The van der Waals surface area contributed by atoms with Gasteiger partial charge in [0.25, 0.3) is 0 Å². The van der Waals surface area contributed by atoms with Crippen molar-refractivity contribution in [3.8, 4) is 0 Å². The number of hydrogen-bond donors (Lipinski definition) is 0. The average molecular weight is 240 g/mol. The van der Waals surface area contributed by atoms with Crippen LogP contribution in [0.1, 0.15) is 30.9 Å². The molecule has 0 bridgehead atoms. The summed E-state index contributed by atoms with van der Waals surface area (Å²) in [6.07, 6.45) is 0. The van der Waals surface area contributed by atoms with Crippen molar-refractivity contribution in [2.45, 2.75) is 29.6 Å². The Kier molecular flexibility index (Phi) is 2.71. The van der Waals surface area contributed by atoms with Crippen molar-refractivity contribution in [2.24, 2.45) is 5.92 Å². The van der Waals surface area contributed by atoms with Crippen molar-refractivity contribution in [3.63, 3.8) is 0 Å². The van der Waals surface area contributed by atoms with Gasteiger partial charge in [-0.15, -0.1) is 0 Å². The van der Waals surface area contributed by atoms with Crippen molar-refractivity contribution >= 4 is 11.8 Å². The molecule has 2 aromatic rings. The lowest BCUT2D eigenvalue weighted by molar-refractivity contribution is 0.547. The standard InChI is InChI=1S/C16H16S/c1-11(2)16-12-7-3-5-9-14(12)17-15-10-6-4-8-13(15)16/h3-11,16H,1-2H3. The highest BCUT2D eigenvalue weighted by Crippen LogP contribution is 2.48. The molecule has 0 aromatic heterocycles. The molecule has 1 heterocycles. The molecule has 0 spiro atoms. The largest absolute Gasteiger partial charge is 0.0895 e. The van der Waals surface area contributed by atoms with Crippen molar-refractivity contribution in [1.29, 1.82) is 0 Å². The fourth-order valence-electron chi connectivity index (χ4n) is 2.67. The topological polar surface area (TPSA) is 0 Å². The van der Waals surface area contributed by atoms with Gasteiger partial charge in [0, 0.05) is 15.7 Å². The zero-order valence-electron chi connectivity index (χ0n) is 10.2. The summed E-state index contributed by atoms with van der Waals surface area (Å²) in [6, 6.07) is 17.6. The number of rotatable bonds is 1. The zero-order chi connectivity index (χ0) is 11.8. The molecule has 1 aliphatic heterocycles. The predicted octanol–water partition coefficient (Wildman–Crippen LogP) is 4.94. The number of benzene rings is 2. The molecular formula is C16H16S. The third kappa shape index (κ3) is 1.79. The van der Waals surface area contributed by atoms with Crippen LogP contribution in [0.3, 0.4) is 0 Å². The van der Waals surface area contributed by atoms with Gasteiger partial charge >= 0.3 is 0 Å². The Balaban J connectivity index is 2.21.